The van der Waals surface area contributed by atoms with E-state index in [0.29, 0.717) is 11.6 Å². The molecule has 20 heavy (non-hydrogen) atoms. The summed E-state index contributed by atoms with van der Waals surface area (Å²) < 4.78 is 1.73. The Kier molecular flexibility index (Phi) is 3.52. The van der Waals surface area contributed by atoms with Crippen LogP contribution >= 0.6 is 0 Å². The average molecular weight is 270 g/mol. The Hall–Kier alpha value is -2.14. The van der Waals surface area contributed by atoms with Gasteiger partial charge in [0.1, 0.15) is 0 Å². The van der Waals surface area contributed by atoms with Crippen LogP contribution in [0, 0.1) is 0 Å². The van der Waals surface area contributed by atoms with Gasteiger partial charge in [0.15, 0.2) is 0 Å². The lowest BCUT2D eigenvalue weighted by Gasteiger charge is -2.32. The van der Waals surface area contributed by atoms with Crippen LogP contribution in [0.3, 0.4) is 0 Å². The summed E-state index contributed by atoms with van der Waals surface area (Å²) in [5.41, 5.74) is 1.53. The number of piperazine rings is 1. The fraction of sp³-hybridized carbons (Fsp3) is 0.333. The molecule has 0 saturated carbocycles. The van der Waals surface area contributed by atoms with Crippen molar-refractivity contribution in [3.63, 3.8) is 0 Å². The first-order valence-electron chi connectivity index (χ1n) is 6.87. The van der Waals surface area contributed by atoms with E-state index < -0.39 is 0 Å². The second-order valence-corrected chi connectivity index (χ2v) is 5.07. The van der Waals surface area contributed by atoms with Crippen molar-refractivity contribution in [2.45, 2.75) is 13.0 Å². The van der Waals surface area contributed by atoms with Crippen LogP contribution in [-0.2, 0) is 0 Å². The van der Waals surface area contributed by atoms with E-state index in [1.54, 1.807) is 10.9 Å². The van der Waals surface area contributed by atoms with E-state index in [-0.39, 0.29) is 5.91 Å². The van der Waals surface area contributed by atoms with Crippen molar-refractivity contribution >= 4 is 5.91 Å². The molecule has 2 heterocycles. The van der Waals surface area contributed by atoms with E-state index in [2.05, 4.69) is 17.3 Å². The molecule has 5 heteroatoms. The van der Waals surface area contributed by atoms with Gasteiger partial charge in [-0.2, -0.15) is 5.10 Å². The van der Waals surface area contributed by atoms with Crippen molar-refractivity contribution in [1.82, 2.24) is 20.0 Å². The average Bonchev–Trinajstić information content (AvgIpc) is 3.00. The topological polar surface area (TPSA) is 50.2 Å². The summed E-state index contributed by atoms with van der Waals surface area (Å²) in [7, 11) is 0. The molecule has 1 unspecified atom stereocenters. The van der Waals surface area contributed by atoms with Crippen LogP contribution in [0.2, 0.25) is 0 Å². The molecule has 1 aliphatic rings. The van der Waals surface area contributed by atoms with Crippen molar-refractivity contribution in [2.75, 3.05) is 19.6 Å². The van der Waals surface area contributed by atoms with Gasteiger partial charge in [-0.1, -0.05) is 12.1 Å². The molecular formula is C15H18N4O. The number of aromatic nitrogens is 2. The fourth-order valence-electron chi connectivity index (χ4n) is 2.55. The minimum atomic E-state index is 0.0736. The summed E-state index contributed by atoms with van der Waals surface area (Å²) in [6.45, 7) is 4.43. The number of para-hydroxylation sites is 1. The van der Waals surface area contributed by atoms with E-state index in [1.165, 1.54) is 0 Å². The van der Waals surface area contributed by atoms with Crippen LogP contribution in [0.15, 0.2) is 42.7 Å². The quantitative estimate of drug-likeness (QED) is 0.895. The summed E-state index contributed by atoms with van der Waals surface area (Å²) >= 11 is 0. The van der Waals surface area contributed by atoms with Crippen molar-refractivity contribution in [1.29, 1.82) is 0 Å². The van der Waals surface area contributed by atoms with Crippen molar-refractivity contribution in [3.05, 3.63) is 48.3 Å². The van der Waals surface area contributed by atoms with Gasteiger partial charge in [0.25, 0.3) is 5.91 Å². The number of benzene rings is 1. The fourth-order valence-corrected chi connectivity index (χ4v) is 2.55. The highest BCUT2D eigenvalue weighted by atomic mass is 16.2. The maximum absolute atomic E-state index is 12.7. The Balaban J connectivity index is 1.92. The van der Waals surface area contributed by atoms with Crippen LogP contribution in [0.1, 0.15) is 17.3 Å². The lowest BCUT2D eigenvalue weighted by atomic mass is 10.1. The highest BCUT2D eigenvalue weighted by Gasteiger charge is 2.23. The molecule has 1 atom stereocenters. The SMILES string of the molecule is CC1CN(C(=O)c2ccccc2-n2cccn2)CCN1. The maximum atomic E-state index is 12.7. The third-order valence-electron chi connectivity index (χ3n) is 3.54. The molecule has 1 N–H and O–H groups in total. The number of rotatable bonds is 2. The van der Waals surface area contributed by atoms with Gasteiger partial charge in [-0.3, -0.25) is 4.79 Å². The first-order valence-corrected chi connectivity index (χ1v) is 6.87. The van der Waals surface area contributed by atoms with E-state index in [0.717, 1.165) is 25.3 Å². The number of amides is 1. The van der Waals surface area contributed by atoms with E-state index in [1.807, 2.05) is 41.4 Å². The molecule has 1 aromatic carbocycles. The Morgan fingerprint density at radius 2 is 2.20 bits per heavy atom. The van der Waals surface area contributed by atoms with E-state index in [9.17, 15) is 4.79 Å². The molecule has 0 radical (unpaired) electrons. The Bertz CT molecular complexity index is 594. The predicted octanol–water partition coefficient (Wildman–Crippen LogP) is 1.31. The Morgan fingerprint density at radius 3 is 2.95 bits per heavy atom. The van der Waals surface area contributed by atoms with Gasteiger partial charge >= 0.3 is 0 Å². The largest absolute Gasteiger partial charge is 0.336 e. The van der Waals surface area contributed by atoms with Crippen LogP contribution in [0.5, 0.6) is 0 Å². The summed E-state index contributed by atoms with van der Waals surface area (Å²) in [6, 6.07) is 9.80. The zero-order valence-electron chi connectivity index (χ0n) is 11.5. The number of nitrogens with one attached hydrogen (secondary N) is 1. The Morgan fingerprint density at radius 1 is 1.35 bits per heavy atom. The van der Waals surface area contributed by atoms with Gasteiger partial charge in [-0.05, 0) is 25.1 Å². The molecule has 1 saturated heterocycles. The lowest BCUT2D eigenvalue weighted by molar-refractivity contribution is 0.0709. The first-order chi connectivity index (χ1) is 9.75. The van der Waals surface area contributed by atoms with Crippen LogP contribution in [0.4, 0.5) is 0 Å². The molecule has 3 rings (SSSR count). The van der Waals surface area contributed by atoms with Crippen molar-refractivity contribution < 1.29 is 4.79 Å². The number of nitrogens with zero attached hydrogens (tertiary/aromatic N) is 3. The predicted molar refractivity (Wildman–Crippen MR) is 76.9 cm³/mol. The normalized spacial score (nSPS) is 19.1. The number of carbonyl (C=O) groups is 1. The highest BCUT2D eigenvalue weighted by Crippen LogP contribution is 2.16. The summed E-state index contributed by atoms with van der Waals surface area (Å²) in [4.78, 5) is 14.6. The van der Waals surface area contributed by atoms with Crippen molar-refractivity contribution in [3.8, 4) is 5.69 Å². The third kappa shape index (κ3) is 2.44. The highest BCUT2D eigenvalue weighted by molar-refractivity contribution is 5.97. The molecule has 5 nitrogen and oxygen atoms in total. The number of hydrogen-bond donors (Lipinski definition) is 1. The smallest absolute Gasteiger partial charge is 0.256 e. The van der Waals surface area contributed by atoms with Gasteiger partial charge in [-0.25, -0.2) is 4.68 Å². The van der Waals surface area contributed by atoms with Crippen LogP contribution < -0.4 is 5.32 Å². The standard InChI is InChI=1S/C15H18N4O/c1-12-11-18(10-8-16-12)15(20)13-5-2-3-6-14(13)19-9-4-7-17-19/h2-7,9,12,16H,8,10-11H2,1H3. The molecule has 2 aromatic rings. The maximum Gasteiger partial charge on any atom is 0.256 e. The molecule has 1 fully saturated rings. The molecule has 1 aromatic heterocycles. The van der Waals surface area contributed by atoms with Gasteiger partial charge in [0, 0.05) is 38.1 Å². The van der Waals surface area contributed by atoms with Gasteiger partial charge in [0.05, 0.1) is 11.3 Å². The van der Waals surface area contributed by atoms with Crippen LogP contribution in [-0.4, -0.2) is 46.3 Å². The second-order valence-electron chi connectivity index (χ2n) is 5.07. The Labute approximate surface area is 118 Å². The van der Waals surface area contributed by atoms with E-state index >= 15 is 0 Å². The zero-order valence-corrected chi connectivity index (χ0v) is 11.5. The summed E-state index contributed by atoms with van der Waals surface area (Å²) in [5, 5.41) is 7.57. The summed E-state index contributed by atoms with van der Waals surface area (Å²) in [6.07, 6.45) is 3.57. The van der Waals surface area contributed by atoms with E-state index in [4.69, 9.17) is 0 Å². The minimum absolute atomic E-state index is 0.0736. The summed E-state index contributed by atoms with van der Waals surface area (Å²) in [5.74, 6) is 0.0736. The van der Waals surface area contributed by atoms with Gasteiger partial charge in [-0.15, -0.1) is 0 Å². The third-order valence-corrected chi connectivity index (χ3v) is 3.54. The van der Waals surface area contributed by atoms with Gasteiger partial charge in [0.2, 0.25) is 0 Å². The molecule has 104 valence electrons. The zero-order chi connectivity index (χ0) is 13.9. The first kappa shape index (κ1) is 12.9. The minimum Gasteiger partial charge on any atom is -0.336 e. The lowest BCUT2D eigenvalue weighted by Crippen LogP contribution is -2.51. The molecule has 0 aliphatic carbocycles. The molecule has 0 spiro atoms. The molecule has 0 bridgehead atoms. The molecule has 1 aliphatic heterocycles. The number of hydrogen-bond acceptors (Lipinski definition) is 3. The number of carbonyl (C=O) groups excluding carboxylic acids is 1. The van der Waals surface area contributed by atoms with Crippen molar-refractivity contribution in [2.24, 2.45) is 0 Å². The monoisotopic (exact) mass is 270 g/mol. The van der Waals surface area contributed by atoms with Gasteiger partial charge < -0.3 is 10.2 Å². The molecule has 1 amide bonds. The van der Waals surface area contributed by atoms with Crippen LogP contribution in [0.25, 0.3) is 5.69 Å². The second kappa shape index (κ2) is 5.46. The molecular weight excluding hydrogens is 252 g/mol.